The lowest BCUT2D eigenvalue weighted by atomic mass is 10.0. The van der Waals surface area contributed by atoms with Crippen molar-refractivity contribution in [1.29, 1.82) is 0 Å². The smallest absolute Gasteiger partial charge is 0.339 e. The van der Waals surface area contributed by atoms with Crippen LogP contribution in [0.2, 0.25) is 0 Å². The number of anilines is 1. The fraction of sp³-hybridized carbons (Fsp3) is 0.385. The topological polar surface area (TPSA) is 123 Å². The van der Waals surface area contributed by atoms with Gasteiger partial charge in [0.2, 0.25) is 5.91 Å². The molecule has 2 aromatic heterocycles. The second-order valence-electron chi connectivity index (χ2n) is 5.13. The highest BCUT2D eigenvalue weighted by Crippen LogP contribution is 2.27. The Morgan fingerprint density at radius 1 is 1.38 bits per heavy atom. The average molecular weight is 291 g/mol. The number of aryl methyl sites for hydroxylation is 1. The number of nitrogens with zero attached hydrogens (tertiary/aromatic N) is 3. The molecule has 0 spiro atoms. The molecule has 0 radical (unpaired) electrons. The number of carboxylic acid groups (broad SMARTS) is 1. The van der Waals surface area contributed by atoms with Crippen LogP contribution in [-0.4, -0.2) is 37.8 Å². The zero-order chi connectivity index (χ0) is 15.7. The minimum atomic E-state index is -1.14. The normalized spacial score (nSPS) is 12.6. The number of nitrogens with two attached hydrogens (primary N) is 1. The molecule has 0 aliphatic carbocycles. The predicted octanol–water partition coefficient (Wildman–Crippen LogP) is 0.588. The molecule has 0 fully saturated rings. The van der Waals surface area contributed by atoms with Crippen LogP contribution in [0.5, 0.6) is 0 Å². The third-order valence-corrected chi connectivity index (χ3v) is 3.27. The van der Waals surface area contributed by atoms with E-state index in [0.29, 0.717) is 16.7 Å². The Morgan fingerprint density at radius 2 is 2.05 bits per heavy atom. The molecule has 4 N–H and O–H groups in total. The molecule has 0 saturated carbocycles. The van der Waals surface area contributed by atoms with Gasteiger partial charge in [0.05, 0.1) is 17.3 Å². The van der Waals surface area contributed by atoms with Crippen molar-refractivity contribution in [2.45, 2.75) is 19.9 Å². The maximum Gasteiger partial charge on any atom is 0.339 e. The van der Waals surface area contributed by atoms with Crippen molar-refractivity contribution in [3.05, 3.63) is 18.0 Å². The standard InChI is InChI=1S/C13H17N5O3/c1-6(2)9(11(14)19)17-10-7-5-16-18(3)12(7)15-4-8(10)13(20)21/h4-6,9H,1-3H3,(H2,14,19)(H,15,17)(H,20,21). The lowest BCUT2D eigenvalue weighted by Gasteiger charge is -2.21. The summed E-state index contributed by atoms with van der Waals surface area (Å²) in [5, 5.41) is 16.8. The number of hydrogen-bond acceptors (Lipinski definition) is 5. The third kappa shape index (κ3) is 2.64. The van der Waals surface area contributed by atoms with Gasteiger partial charge in [-0.15, -0.1) is 0 Å². The Morgan fingerprint density at radius 3 is 2.57 bits per heavy atom. The van der Waals surface area contributed by atoms with Gasteiger partial charge in [-0.3, -0.25) is 9.48 Å². The summed E-state index contributed by atoms with van der Waals surface area (Å²) >= 11 is 0. The Bertz CT molecular complexity index is 707. The Kier molecular flexibility index (Phi) is 3.79. The van der Waals surface area contributed by atoms with Crippen molar-refractivity contribution in [2.75, 3.05) is 5.32 Å². The third-order valence-electron chi connectivity index (χ3n) is 3.27. The first kappa shape index (κ1) is 14.8. The summed E-state index contributed by atoms with van der Waals surface area (Å²) in [6.07, 6.45) is 2.75. The summed E-state index contributed by atoms with van der Waals surface area (Å²) in [6.45, 7) is 3.65. The summed E-state index contributed by atoms with van der Waals surface area (Å²) in [5.74, 6) is -1.78. The molecule has 0 aliphatic heterocycles. The Balaban J connectivity index is 2.61. The van der Waals surface area contributed by atoms with E-state index < -0.39 is 17.9 Å². The van der Waals surface area contributed by atoms with E-state index in [9.17, 15) is 14.7 Å². The molecule has 1 amide bonds. The van der Waals surface area contributed by atoms with Crippen LogP contribution >= 0.6 is 0 Å². The van der Waals surface area contributed by atoms with Gasteiger partial charge in [-0.2, -0.15) is 5.10 Å². The summed E-state index contributed by atoms with van der Waals surface area (Å²) in [7, 11) is 1.70. The highest BCUT2D eigenvalue weighted by Gasteiger charge is 2.24. The quantitative estimate of drug-likeness (QED) is 0.740. The van der Waals surface area contributed by atoms with Crippen molar-refractivity contribution in [3.63, 3.8) is 0 Å². The highest BCUT2D eigenvalue weighted by molar-refractivity contribution is 6.04. The maximum absolute atomic E-state index is 11.5. The van der Waals surface area contributed by atoms with E-state index in [1.165, 1.54) is 17.1 Å². The van der Waals surface area contributed by atoms with Crippen molar-refractivity contribution in [2.24, 2.45) is 18.7 Å². The number of carbonyl (C=O) groups excluding carboxylic acids is 1. The zero-order valence-corrected chi connectivity index (χ0v) is 12.0. The molecule has 0 saturated heterocycles. The first-order chi connectivity index (χ1) is 9.82. The number of aromatic carboxylic acids is 1. The number of nitrogens with one attached hydrogen (secondary N) is 1. The molecular formula is C13H17N5O3. The van der Waals surface area contributed by atoms with Gasteiger partial charge in [-0.1, -0.05) is 13.8 Å². The molecule has 21 heavy (non-hydrogen) atoms. The van der Waals surface area contributed by atoms with Crippen LogP contribution in [0.25, 0.3) is 11.0 Å². The highest BCUT2D eigenvalue weighted by atomic mass is 16.4. The minimum absolute atomic E-state index is 0.0256. The number of fused-ring (bicyclic) bond motifs is 1. The van der Waals surface area contributed by atoms with Crippen LogP contribution in [0, 0.1) is 5.92 Å². The molecule has 0 aliphatic rings. The number of rotatable bonds is 5. The SMILES string of the molecule is CC(C)C(Nc1c(C(=O)O)cnc2c1cnn2C)C(N)=O. The second kappa shape index (κ2) is 5.39. The monoisotopic (exact) mass is 291 g/mol. The van der Waals surface area contributed by atoms with E-state index in [0.717, 1.165) is 0 Å². The lowest BCUT2D eigenvalue weighted by molar-refractivity contribution is -0.119. The fourth-order valence-corrected chi connectivity index (χ4v) is 2.14. The number of aromatic nitrogens is 3. The Hall–Kier alpha value is -2.64. The van der Waals surface area contributed by atoms with Crippen LogP contribution in [-0.2, 0) is 11.8 Å². The van der Waals surface area contributed by atoms with Crippen molar-refractivity contribution in [1.82, 2.24) is 14.8 Å². The van der Waals surface area contributed by atoms with Gasteiger partial charge in [-0.25, -0.2) is 9.78 Å². The number of hydrogen-bond donors (Lipinski definition) is 3. The van der Waals surface area contributed by atoms with Crippen LogP contribution in [0.1, 0.15) is 24.2 Å². The van der Waals surface area contributed by atoms with Crippen LogP contribution in [0.15, 0.2) is 12.4 Å². The average Bonchev–Trinajstić information content (AvgIpc) is 2.76. The van der Waals surface area contributed by atoms with Crippen LogP contribution < -0.4 is 11.1 Å². The largest absolute Gasteiger partial charge is 0.478 e. The molecule has 2 aromatic rings. The molecular weight excluding hydrogens is 274 g/mol. The first-order valence-electron chi connectivity index (χ1n) is 6.42. The van der Waals surface area contributed by atoms with E-state index in [-0.39, 0.29) is 11.5 Å². The van der Waals surface area contributed by atoms with Gasteiger partial charge in [0.25, 0.3) is 0 Å². The number of carbonyl (C=O) groups is 2. The molecule has 112 valence electrons. The number of amides is 1. The molecule has 0 aromatic carbocycles. The Labute approximate surface area is 121 Å². The van der Waals surface area contributed by atoms with Gasteiger partial charge < -0.3 is 16.2 Å². The molecule has 2 heterocycles. The minimum Gasteiger partial charge on any atom is -0.478 e. The molecule has 8 heteroatoms. The van der Waals surface area contributed by atoms with E-state index >= 15 is 0 Å². The van der Waals surface area contributed by atoms with Crippen LogP contribution in [0.4, 0.5) is 5.69 Å². The fourth-order valence-electron chi connectivity index (χ4n) is 2.14. The second-order valence-corrected chi connectivity index (χ2v) is 5.13. The van der Waals surface area contributed by atoms with Gasteiger partial charge >= 0.3 is 5.97 Å². The van der Waals surface area contributed by atoms with Gasteiger partial charge in [0.15, 0.2) is 5.65 Å². The molecule has 1 unspecified atom stereocenters. The number of pyridine rings is 1. The van der Waals surface area contributed by atoms with Gasteiger partial charge in [0.1, 0.15) is 11.6 Å². The van der Waals surface area contributed by atoms with Crippen molar-refractivity contribution >= 4 is 28.6 Å². The molecule has 8 nitrogen and oxygen atoms in total. The van der Waals surface area contributed by atoms with Crippen LogP contribution in [0.3, 0.4) is 0 Å². The maximum atomic E-state index is 11.5. The van der Waals surface area contributed by atoms with E-state index in [4.69, 9.17) is 5.73 Å². The van der Waals surface area contributed by atoms with E-state index in [1.54, 1.807) is 7.05 Å². The lowest BCUT2D eigenvalue weighted by Crippen LogP contribution is -2.40. The predicted molar refractivity (Wildman–Crippen MR) is 76.9 cm³/mol. The summed E-state index contributed by atoms with van der Waals surface area (Å²) in [4.78, 5) is 27.0. The molecule has 2 rings (SSSR count). The number of carboxylic acids is 1. The van der Waals surface area contributed by atoms with Gasteiger partial charge in [0, 0.05) is 13.2 Å². The van der Waals surface area contributed by atoms with Crippen molar-refractivity contribution in [3.8, 4) is 0 Å². The van der Waals surface area contributed by atoms with E-state index in [1.807, 2.05) is 13.8 Å². The van der Waals surface area contributed by atoms with E-state index in [2.05, 4.69) is 15.4 Å². The zero-order valence-electron chi connectivity index (χ0n) is 12.0. The molecule has 1 atom stereocenters. The first-order valence-corrected chi connectivity index (χ1v) is 6.42. The molecule has 0 bridgehead atoms. The van der Waals surface area contributed by atoms with Gasteiger partial charge in [-0.05, 0) is 5.92 Å². The number of primary amides is 1. The summed E-state index contributed by atoms with van der Waals surface area (Å²) in [5.41, 5.74) is 6.18. The summed E-state index contributed by atoms with van der Waals surface area (Å²) < 4.78 is 1.53. The summed E-state index contributed by atoms with van der Waals surface area (Å²) in [6, 6.07) is -0.686. The van der Waals surface area contributed by atoms with Crippen molar-refractivity contribution < 1.29 is 14.7 Å².